The Hall–Kier alpha value is -1.68. The molecule has 0 fully saturated rings. The summed E-state index contributed by atoms with van der Waals surface area (Å²) in [6.07, 6.45) is 2.86. The summed E-state index contributed by atoms with van der Waals surface area (Å²) in [6, 6.07) is 4.09. The van der Waals surface area contributed by atoms with Crippen LogP contribution in [-0.2, 0) is 6.42 Å². The van der Waals surface area contributed by atoms with Crippen LogP contribution in [0.25, 0.3) is 16.3 Å². The van der Waals surface area contributed by atoms with Crippen LogP contribution in [0.3, 0.4) is 0 Å². The van der Waals surface area contributed by atoms with Gasteiger partial charge in [-0.1, -0.05) is 6.58 Å². The van der Waals surface area contributed by atoms with Crippen molar-refractivity contribution in [1.29, 1.82) is 0 Å². The Morgan fingerprint density at radius 1 is 1.41 bits per heavy atom. The molecule has 0 aliphatic carbocycles. The highest BCUT2D eigenvalue weighted by molar-refractivity contribution is 7.16. The molecule has 0 atom stereocenters. The van der Waals surface area contributed by atoms with Crippen molar-refractivity contribution >= 4 is 17.0 Å². The number of aryl methyl sites for hydroxylation is 1. The number of fused-ring (bicyclic) bond motifs is 1. The minimum atomic E-state index is 0.932. The zero-order valence-corrected chi connectivity index (χ0v) is 10.5. The van der Waals surface area contributed by atoms with Gasteiger partial charge in [-0.3, -0.25) is 4.98 Å². The van der Waals surface area contributed by atoms with E-state index in [9.17, 15) is 0 Å². The van der Waals surface area contributed by atoms with E-state index in [1.807, 2.05) is 19.2 Å². The molecule has 0 radical (unpaired) electrons. The summed E-state index contributed by atoms with van der Waals surface area (Å²) in [5, 5.41) is 4.31. The van der Waals surface area contributed by atoms with Crippen LogP contribution in [0.1, 0.15) is 16.3 Å². The van der Waals surface area contributed by atoms with Crippen molar-refractivity contribution in [1.82, 2.24) is 15.3 Å². The third kappa shape index (κ3) is 1.85. The van der Waals surface area contributed by atoms with Gasteiger partial charge in [0, 0.05) is 36.1 Å². The highest BCUT2D eigenvalue weighted by Crippen LogP contribution is 2.32. The lowest BCUT2D eigenvalue weighted by Gasteiger charge is -2.13. The van der Waals surface area contributed by atoms with Gasteiger partial charge >= 0.3 is 0 Å². The Morgan fingerprint density at radius 2 is 2.29 bits per heavy atom. The molecule has 1 N–H and O–H groups in total. The molecular formula is C13H13N3S. The number of rotatable bonds is 1. The fourth-order valence-electron chi connectivity index (χ4n) is 1.89. The maximum absolute atomic E-state index is 4.68. The van der Waals surface area contributed by atoms with Crippen LogP contribution < -0.4 is 5.32 Å². The topological polar surface area (TPSA) is 37.8 Å². The Labute approximate surface area is 104 Å². The fraction of sp³-hybridized carbons (Fsp3) is 0.231. The number of pyridine rings is 1. The van der Waals surface area contributed by atoms with Gasteiger partial charge < -0.3 is 5.32 Å². The molecule has 2 aromatic heterocycles. The average Bonchev–Trinajstić information content (AvgIpc) is 2.75. The first kappa shape index (κ1) is 10.5. The zero-order chi connectivity index (χ0) is 11.8. The van der Waals surface area contributed by atoms with Crippen molar-refractivity contribution in [3.8, 4) is 10.6 Å². The van der Waals surface area contributed by atoms with Gasteiger partial charge in [0.25, 0.3) is 0 Å². The van der Waals surface area contributed by atoms with E-state index in [-0.39, 0.29) is 0 Å². The van der Waals surface area contributed by atoms with E-state index in [1.165, 1.54) is 4.88 Å². The van der Waals surface area contributed by atoms with E-state index >= 15 is 0 Å². The van der Waals surface area contributed by atoms with Crippen LogP contribution in [0, 0.1) is 6.92 Å². The Morgan fingerprint density at radius 3 is 3.00 bits per heavy atom. The minimum Gasteiger partial charge on any atom is -0.384 e. The van der Waals surface area contributed by atoms with Crippen molar-refractivity contribution in [2.24, 2.45) is 0 Å². The maximum atomic E-state index is 4.68. The van der Waals surface area contributed by atoms with E-state index in [4.69, 9.17) is 0 Å². The molecule has 0 spiro atoms. The molecule has 3 nitrogen and oxygen atoms in total. The first-order valence-corrected chi connectivity index (χ1v) is 6.41. The van der Waals surface area contributed by atoms with Gasteiger partial charge in [0.1, 0.15) is 5.01 Å². The van der Waals surface area contributed by atoms with Crippen LogP contribution in [0.5, 0.6) is 0 Å². The van der Waals surface area contributed by atoms with Crippen LogP contribution >= 0.6 is 11.3 Å². The predicted octanol–water partition coefficient (Wildman–Crippen LogP) is 2.63. The second-order valence-electron chi connectivity index (χ2n) is 4.14. The zero-order valence-electron chi connectivity index (χ0n) is 9.66. The SMILES string of the molecule is C=C1NCCc2nc(-c3ccc(C)nc3)sc21. The van der Waals surface area contributed by atoms with E-state index in [0.29, 0.717) is 0 Å². The quantitative estimate of drug-likeness (QED) is 0.836. The largest absolute Gasteiger partial charge is 0.384 e. The molecular weight excluding hydrogens is 230 g/mol. The second-order valence-corrected chi connectivity index (χ2v) is 5.14. The smallest absolute Gasteiger partial charge is 0.125 e. The summed E-state index contributed by atoms with van der Waals surface area (Å²) in [4.78, 5) is 10.2. The summed E-state index contributed by atoms with van der Waals surface area (Å²) in [5.74, 6) is 0. The molecule has 0 saturated heterocycles. The first-order valence-electron chi connectivity index (χ1n) is 5.60. The summed E-state index contributed by atoms with van der Waals surface area (Å²) in [5.41, 5.74) is 4.27. The summed E-state index contributed by atoms with van der Waals surface area (Å²) in [7, 11) is 0. The van der Waals surface area contributed by atoms with Gasteiger partial charge in [0.15, 0.2) is 0 Å². The van der Waals surface area contributed by atoms with E-state index in [2.05, 4.69) is 27.9 Å². The van der Waals surface area contributed by atoms with Crippen molar-refractivity contribution < 1.29 is 0 Å². The molecule has 17 heavy (non-hydrogen) atoms. The standard InChI is InChI=1S/C13H13N3S/c1-8-3-4-10(7-15-8)13-16-11-5-6-14-9(2)12(11)17-13/h3-4,7,14H,2,5-6H2,1H3. The molecule has 0 bridgehead atoms. The average molecular weight is 243 g/mol. The van der Waals surface area contributed by atoms with Crippen LogP contribution in [0.15, 0.2) is 24.9 Å². The van der Waals surface area contributed by atoms with Crippen LogP contribution in [0.4, 0.5) is 0 Å². The molecule has 0 amide bonds. The van der Waals surface area contributed by atoms with Crippen LogP contribution in [-0.4, -0.2) is 16.5 Å². The van der Waals surface area contributed by atoms with Gasteiger partial charge in [-0.05, 0) is 19.1 Å². The number of thiazole rings is 1. The number of hydrogen-bond donors (Lipinski definition) is 1. The molecule has 3 heterocycles. The molecule has 1 aliphatic rings. The molecule has 3 rings (SSSR count). The highest BCUT2D eigenvalue weighted by Gasteiger charge is 2.18. The monoisotopic (exact) mass is 243 g/mol. The summed E-state index contributed by atoms with van der Waals surface area (Å²) in [6.45, 7) is 6.94. The van der Waals surface area contributed by atoms with Gasteiger partial charge in [-0.15, -0.1) is 11.3 Å². The van der Waals surface area contributed by atoms with E-state index in [0.717, 1.165) is 40.6 Å². The number of aromatic nitrogens is 2. The Bertz CT molecular complexity index is 569. The van der Waals surface area contributed by atoms with E-state index < -0.39 is 0 Å². The molecule has 0 saturated carbocycles. The summed E-state index contributed by atoms with van der Waals surface area (Å²) >= 11 is 1.69. The van der Waals surface area contributed by atoms with Crippen molar-refractivity contribution in [3.05, 3.63) is 41.2 Å². The number of nitrogens with one attached hydrogen (secondary N) is 1. The Balaban J connectivity index is 2.05. The minimum absolute atomic E-state index is 0.932. The molecule has 0 aromatic carbocycles. The molecule has 1 aliphatic heterocycles. The van der Waals surface area contributed by atoms with Gasteiger partial charge in [-0.2, -0.15) is 0 Å². The lowest BCUT2D eigenvalue weighted by atomic mass is 10.2. The lowest BCUT2D eigenvalue weighted by Crippen LogP contribution is -2.20. The second kappa shape index (κ2) is 3.96. The van der Waals surface area contributed by atoms with Gasteiger partial charge in [0.05, 0.1) is 10.6 Å². The van der Waals surface area contributed by atoms with Crippen molar-refractivity contribution in [2.75, 3.05) is 6.54 Å². The fourth-order valence-corrected chi connectivity index (χ4v) is 2.94. The molecule has 4 heteroatoms. The molecule has 0 unspecified atom stereocenters. The van der Waals surface area contributed by atoms with Gasteiger partial charge in [0.2, 0.25) is 0 Å². The molecule has 86 valence electrons. The van der Waals surface area contributed by atoms with Gasteiger partial charge in [-0.25, -0.2) is 4.98 Å². The Kier molecular flexibility index (Phi) is 2.44. The number of nitrogens with zero attached hydrogens (tertiary/aromatic N) is 2. The number of hydrogen-bond acceptors (Lipinski definition) is 4. The molecule has 2 aromatic rings. The highest BCUT2D eigenvalue weighted by atomic mass is 32.1. The maximum Gasteiger partial charge on any atom is 0.125 e. The third-order valence-corrected chi connectivity index (χ3v) is 4.04. The predicted molar refractivity (Wildman–Crippen MR) is 70.8 cm³/mol. The van der Waals surface area contributed by atoms with E-state index in [1.54, 1.807) is 11.3 Å². The van der Waals surface area contributed by atoms with Crippen LogP contribution in [0.2, 0.25) is 0 Å². The first-order chi connectivity index (χ1) is 8.24. The van der Waals surface area contributed by atoms with Crippen molar-refractivity contribution in [2.45, 2.75) is 13.3 Å². The van der Waals surface area contributed by atoms with Crippen molar-refractivity contribution in [3.63, 3.8) is 0 Å². The summed E-state index contributed by atoms with van der Waals surface area (Å²) < 4.78 is 0. The normalized spacial score (nSPS) is 14.3. The lowest BCUT2D eigenvalue weighted by molar-refractivity contribution is 0.803. The third-order valence-electron chi connectivity index (χ3n) is 2.83.